The van der Waals surface area contributed by atoms with Crippen molar-refractivity contribution in [2.24, 2.45) is 5.41 Å². The number of anilines is 3. The normalized spacial score (nSPS) is 16.1. The van der Waals surface area contributed by atoms with Gasteiger partial charge in [0.1, 0.15) is 30.0 Å². The number of rotatable bonds is 9. The molecule has 0 aliphatic carbocycles. The van der Waals surface area contributed by atoms with Crippen molar-refractivity contribution in [3.8, 4) is 5.75 Å². The van der Waals surface area contributed by atoms with Crippen LogP contribution in [0.5, 0.6) is 5.75 Å². The number of methoxy groups -OCH3 is 1. The molecule has 0 saturated carbocycles. The van der Waals surface area contributed by atoms with Gasteiger partial charge in [-0.05, 0) is 56.5 Å². The van der Waals surface area contributed by atoms with Crippen LogP contribution in [-0.4, -0.2) is 71.4 Å². The monoisotopic (exact) mass is 665 g/mol. The van der Waals surface area contributed by atoms with Gasteiger partial charge < -0.3 is 30.9 Å². The molecule has 0 bridgehead atoms. The van der Waals surface area contributed by atoms with Gasteiger partial charge in [0.15, 0.2) is 0 Å². The minimum atomic E-state index is -0.815. The zero-order chi connectivity index (χ0) is 31.5. The minimum Gasteiger partial charge on any atom is -0.494 e. The molecule has 3 amide bonds. The number of likely N-dealkylation sites (N-methyl/N-ethyl adjacent to an activating group) is 1. The molecule has 1 saturated heterocycles. The largest absolute Gasteiger partial charge is 0.494 e. The van der Waals surface area contributed by atoms with Crippen LogP contribution in [0.2, 0.25) is 10.0 Å². The highest BCUT2D eigenvalue weighted by Crippen LogP contribution is 2.35. The average Bonchev–Trinajstić information content (AvgIpc) is 3.46. The first kappa shape index (κ1) is 35.1. The van der Waals surface area contributed by atoms with E-state index >= 15 is 0 Å². The number of nitrogens with one attached hydrogen (secondary N) is 4. The third kappa shape index (κ3) is 7.82. The molecule has 44 heavy (non-hydrogen) atoms. The summed E-state index contributed by atoms with van der Waals surface area (Å²) < 4.78 is 5.58. The van der Waals surface area contributed by atoms with E-state index in [9.17, 15) is 14.4 Å². The smallest absolute Gasteiger partial charge is 0.247 e. The van der Waals surface area contributed by atoms with Crippen molar-refractivity contribution in [3.63, 3.8) is 0 Å². The van der Waals surface area contributed by atoms with Crippen LogP contribution >= 0.6 is 35.6 Å². The van der Waals surface area contributed by atoms with Gasteiger partial charge in [-0.2, -0.15) is 0 Å². The fourth-order valence-electron chi connectivity index (χ4n) is 4.90. The number of ether oxygens (including phenoxy) is 1. The molecule has 3 unspecified atom stereocenters. The van der Waals surface area contributed by atoms with Gasteiger partial charge in [0.2, 0.25) is 17.7 Å². The van der Waals surface area contributed by atoms with E-state index in [2.05, 4.69) is 31.2 Å². The first-order chi connectivity index (χ1) is 20.3. The summed E-state index contributed by atoms with van der Waals surface area (Å²) in [5, 5.41) is 13.5. The second-order valence-corrected chi connectivity index (χ2v) is 12.4. The van der Waals surface area contributed by atoms with Crippen LogP contribution in [0.4, 0.5) is 17.2 Å². The number of fused-ring (bicyclic) bond motifs is 1. The number of aromatic nitrogens is 2. The third-order valence-electron chi connectivity index (χ3n) is 7.46. The Balaban J connectivity index is 0.00000529. The van der Waals surface area contributed by atoms with Gasteiger partial charge in [0.25, 0.3) is 0 Å². The summed E-state index contributed by atoms with van der Waals surface area (Å²) >= 11 is 12.4. The highest BCUT2D eigenvalue weighted by atomic mass is 35.5. The number of likely N-dealkylation sites (tertiary alicyclic amines) is 1. The Morgan fingerprint density at radius 3 is 2.45 bits per heavy atom. The Kier molecular flexibility index (Phi) is 11.6. The van der Waals surface area contributed by atoms with Crippen molar-refractivity contribution in [2.75, 3.05) is 31.3 Å². The number of amides is 3. The lowest BCUT2D eigenvalue weighted by Crippen LogP contribution is -2.59. The highest BCUT2D eigenvalue weighted by Gasteiger charge is 2.42. The Bertz CT molecular complexity index is 1530. The van der Waals surface area contributed by atoms with Crippen LogP contribution in [-0.2, 0) is 14.4 Å². The van der Waals surface area contributed by atoms with E-state index in [0.717, 1.165) is 0 Å². The van der Waals surface area contributed by atoms with Gasteiger partial charge in [-0.25, -0.2) is 9.97 Å². The molecule has 11 nitrogen and oxygen atoms in total. The SMILES string of the molecule is CNC(C)C(=O)NC(C(=O)N1CCCC1C(=O)Nc1cc2c(Nc3ccc(Cl)cc3Cl)ncnc2cc1OC)C(C)(C)C.Cl. The van der Waals surface area contributed by atoms with E-state index < -0.39 is 23.5 Å². The van der Waals surface area contributed by atoms with Crippen molar-refractivity contribution in [1.29, 1.82) is 0 Å². The summed E-state index contributed by atoms with van der Waals surface area (Å²) in [4.78, 5) is 50.5. The first-order valence-corrected chi connectivity index (χ1v) is 14.7. The molecule has 4 rings (SSSR count). The molecule has 3 aromatic rings. The fourth-order valence-corrected chi connectivity index (χ4v) is 5.36. The quantitative estimate of drug-likeness (QED) is 0.245. The number of hydrogen-bond donors (Lipinski definition) is 4. The van der Waals surface area contributed by atoms with Crippen LogP contribution in [0.25, 0.3) is 10.9 Å². The Morgan fingerprint density at radius 2 is 1.82 bits per heavy atom. The highest BCUT2D eigenvalue weighted by molar-refractivity contribution is 6.36. The lowest BCUT2D eigenvalue weighted by Gasteiger charge is -2.36. The Hall–Kier alpha value is -3.38. The molecular formula is C30H38Cl3N7O4. The summed E-state index contributed by atoms with van der Waals surface area (Å²) in [7, 11) is 3.18. The lowest BCUT2D eigenvalue weighted by molar-refractivity contribution is -0.143. The van der Waals surface area contributed by atoms with Crippen molar-refractivity contribution in [1.82, 2.24) is 25.5 Å². The average molecular weight is 667 g/mol. The van der Waals surface area contributed by atoms with Gasteiger partial charge in [0, 0.05) is 23.0 Å². The summed E-state index contributed by atoms with van der Waals surface area (Å²) in [5.41, 5.74) is 0.983. The summed E-state index contributed by atoms with van der Waals surface area (Å²) in [6.07, 6.45) is 2.55. The molecule has 238 valence electrons. The molecule has 2 aromatic carbocycles. The van der Waals surface area contributed by atoms with Gasteiger partial charge in [-0.1, -0.05) is 44.0 Å². The number of hydrogen-bond acceptors (Lipinski definition) is 8. The van der Waals surface area contributed by atoms with E-state index in [4.69, 9.17) is 27.9 Å². The summed E-state index contributed by atoms with van der Waals surface area (Å²) in [5.74, 6) is -0.0926. The van der Waals surface area contributed by atoms with E-state index in [1.165, 1.54) is 13.4 Å². The van der Waals surface area contributed by atoms with Gasteiger partial charge in [-0.15, -0.1) is 12.4 Å². The number of carbonyl (C=O) groups excluding carboxylic acids is 3. The zero-order valence-corrected chi connectivity index (χ0v) is 27.8. The maximum Gasteiger partial charge on any atom is 0.247 e. The number of benzene rings is 2. The predicted octanol–water partition coefficient (Wildman–Crippen LogP) is 5.18. The topological polar surface area (TPSA) is 138 Å². The van der Waals surface area contributed by atoms with Gasteiger partial charge in [-0.3, -0.25) is 14.4 Å². The molecule has 1 aromatic heterocycles. The number of nitrogens with zero attached hydrogens (tertiary/aromatic N) is 3. The molecule has 14 heteroatoms. The molecule has 0 radical (unpaired) electrons. The van der Waals surface area contributed by atoms with E-state index in [1.807, 2.05) is 20.8 Å². The predicted molar refractivity (Wildman–Crippen MR) is 176 cm³/mol. The maximum absolute atomic E-state index is 13.8. The molecule has 3 atom stereocenters. The fraction of sp³-hybridized carbons (Fsp3) is 0.433. The van der Waals surface area contributed by atoms with Crippen molar-refractivity contribution in [2.45, 2.75) is 58.7 Å². The summed E-state index contributed by atoms with van der Waals surface area (Å²) in [6, 6.07) is 6.47. The Labute approximate surface area is 273 Å². The van der Waals surface area contributed by atoms with Crippen LogP contribution in [0.15, 0.2) is 36.7 Å². The zero-order valence-electron chi connectivity index (χ0n) is 25.5. The standard InChI is InChI=1S/C30H37Cl2N7O4.ClH/c1-16(33-5)27(40)38-25(30(2,3)4)29(42)39-11-7-8-23(39)28(41)37-22-13-18-21(14-24(22)43-6)34-15-35-26(18)36-20-10-9-17(31)12-19(20)32;/h9-10,12-16,23,25,33H,7-8,11H2,1-6H3,(H,37,41)(H,38,40)(H,34,35,36);1H. The minimum absolute atomic E-state index is 0. The lowest BCUT2D eigenvalue weighted by atomic mass is 9.85. The van der Waals surface area contributed by atoms with Crippen LogP contribution in [0.3, 0.4) is 0 Å². The van der Waals surface area contributed by atoms with E-state index in [-0.39, 0.29) is 30.1 Å². The molecule has 1 aliphatic heterocycles. The Morgan fingerprint density at radius 1 is 1.09 bits per heavy atom. The van der Waals surface area contributed by atoms with E-state index in [0.29, 0.717) is 63.3 Å². The number of carbonyl (C=O) groups is 3. The van der Waals surface area contributed by atoms with Crippen molar-refractivity contribution < 1.29 is 19.1 Å². The van der Waals surface area contributed by atoms with Crippen LogP contribution < -0.4 is 26.0 Å². The molecular weight excluding hydrogens is 629 g/mol. The summed E-state index contributed by atoms with van der Waals surface area (Å²) in [6.45, 7) is 7.78. The van der Waals surface area contributed by atoms with Crippen LogP contribution in [0.1, 0.15) is 40.5 Å². The maximum atomic E-state index is 13.8. The first-order valence-electron chi connectivity index (χ1n) is 14.0. The second kappa shape index (κ2) is 14.6. The van der Waals surface area contributed by atoms with E-state index in [1.54, 1.807) is 49.2 Å². The van der Waals surface area contributed by atoms with Gasteiger partial charge in [0.05, 0.1) is 35.1 Å². The number of halogens is 3. The molecule has 1 fully saturated rings. The third-order valence-corrected chi connectivity index (χ3v) is 8.01. The second-order valence-electron chi connectivity index (χ2n) is 11.5. The van der Waals surface area contributed by atoms with Crippen molar-refractivity contribution in [3.05, 3.63) is 46.7 Å². The molecule has 1 aliphatic rings. The van der Waals surface area contributed by atoms with Crippen LogP contribution in [0, 0.1) is 5.41 Å². The van der Waals surface area contributed by atoms with Crippen molar-refractivity contribution >= 4 is 81.4 Å². The molecule has 2 heterocycles. The molecule has 0 spiro atoms. The van der Waals surface area contributed by atoms with Gasteiger partial charge >= 0.3 is 0 Å². The molecule has 4 N–H and O–H groups in total.